The number of aromatic nitrogens is 3. The van der Waals surface area contributed by atoms with Crippen molar-refractivity contribution in [2.45, 2.75) is 0 Å². The van der Waals surface area contributed by atoms with E-state index in [0.29, 0.717) is 5.82 Å². The van der Waals surface area contributed by atoms with Crippen molar-refractivity contribution in [1.29, 1.82) is 0 Å². The Morgan fingerprint density at radius 3 is 1.65 bits per heavy atom. The Morgan fingerprint density at radius 1 is 0.412 bits per heavy atom. The Morgan fingerprint density at radius 2 is 0.961 bits per heavy atom. The third-order valence-electron chi connectivity index (χ3n) is 9.82. The van der Waals surface area contributed by atoms with Gasteiger partial charge in [0.05, 0.1) is 27.9 Å². The normalized spacial score (nSPS) is 11.4. The maximum absolute atomic E-state index is 5.38. The molecule has 3 heteroatoms. The van der Waals surface area contributed by atoms with Gasteiger partial charge in [-0.05, 0) is 52.6 Å². The lowest BCUT2D eigenvalue weighted by molar-refractivity contribution is 1.17. The second-order valence-corrected chi connectivity index (χ2v) is 12.8. The van der Waals surface area contributed by atoms with Crippen LogP contribution in [0.2, 0.25) is 0 Å². The molecule has 0 aliphatic heterocycles. The molecule has 0 unspecified atom stereocenters. The average molecular weight is 648 g/mol. The van der Waals surface area contributed by atoms with E-state index < -0.39 is 0 Å². The number of para-hydroxylation sites is 2. The van der Waals surface area contributed by atoms with Crippen LogP contribution in [0.3, 0.4) is 0 Å². The van der Waals surface area contributed by atoms with Crippen LogP contribution in [0.25, 0.3) is 82.6 Å². The van der Waals surface area contributed by atoms with Crippen molar-refractivity contribution in [3.8, 4) is 40.2 Å². The van der Waals surface area contributed by atoms with Gasteiger partial charge in [-0.15, -0.1) is 0 Å². The summed E-state index contributed by atoms with van der Waals surface area (Å²) in [6, 6.07) is 61.5. The van der Waals surface area contributed by atoms with Gasteiger partial charge in [0, 0.05) is 43.8 Å². The minimum absolute atomic E-state index is 0.696. The smallest absolute Gasteiger partial charge is 0.160 e. The number of benzene rings is 8. The highest BCUT2D eigenvalue weighted by Gasteiger charge is 2.20. The summed E-state index contributed by atoms with van der Waals surface area (Å²) in [5, 5.41) is 8.07. The maximum Gasteiger partial charge on any atom is 0.160 e. The minimum Gasteiger partial charge on any atom is -0.308 e. The monoisotopic (exact) mass is 647 g/mol. The van der Waals surface area contributed by atoms with Crippen molar-refractivity contribution < 1.29 is 0 Å². The molecule has 10 aromatic rings. The van der Waals surface area contributed by atoms with E-state index in [-0.39, 0.29) is 0 Å². The molecular weight excluding hydrogens is 619 g/mol. The maximum atomic E-state index is 5.38. The Hall–Kier alpha value is -7.02. The van der Waals surface area contributed by atoms with Crippen molar-refractivity contribution >= 4 is 54.3 Å². The fourth-order valence-electron chi connectivity index (χ4n) is 7.52. The summed E-state index contributed by atoms with van der Waals surface area (Å²) in [6.45, 7) is 0. The molecular formula is C48H29N3. The lowest BCUT2D eigenvalue weighted by Gasteiger charge is -2.16. The standard InChI is InChI=1S/C48H29N3/c1-3-15-32(16-4-1)27-28-34-31-35(29-30-42(34)51-43-25-13-11-21-38(43)39-22-12-14-26-44(39)51)46-45-40-23-9-7-19-36(40)37-20-8-10-24-41(37)47(45)50-48(49-46)33-17-5-2-6-18-33/h1-26,29-31H. The fraction of sp³-hybridized carbons (Fsp3) is 0. The molecule has 0 aliphatic carbocycles. The van der Waals surface area contributed by atoms with Gasteiger partial charge in [0.15, 0.2) is 5.82 Å². The largest absolute Gasteiger partial charge is 0.308 e. The zero-order valence-corrected chi connectivity index (χ0v) is 27.6. The van der Waals surface area contributed by atoms with Crippen LogP contribution in [0.15, 0.2) is 176 Å². The molecule has 2 heterocycles. The summed E-state index contributed by atoms with van der Waals surface area (Å²) in [5.41, 5.74) is 8.99. The lowest BCUT2D eigenvalue weighted by atomic mass is 9.93. The molecule has 10 rings (SSSR count). The quantitative estimate of drug-likeness (QED) is 0.141. The molecule has 0 N–H and O–H groups in total. The zero-order valence-electron chi connectivity index (χ0n) is 27.6. The predicted molar refractivity (Wildman–Crippen MR) is 212 cm³/mol. The van der Waals surface area contributed by atoms with Gasteiger partial charge in [-0.25, -0.2) is 9.97 Å². The molecule has 51 heavy (non-hydrogen) atoms. The van der Waals surface area contributed by atoms with Crippen molar-refractivity contribution in [1.82, 2.24) is 14.5 Å². The third kappa shape index (κ3) is 4.77. The number of nitrogens with zero attached hydrogens (tertiary/aromatic N) is 3. The molecule has 0 spiro atoms. The van der Waals surface area contributed by atoms with Gasteiger partial charge in [-0.1, -0.05) is 151 Å². The summed E-state index contributed by atoms with van der Waals surface area (Å²) >= 11 is 0. The third-order valence-corrected chi connectivity index (χ3v) is 9.82. The first-order valence-corrected chi connectivity index (χ1v) is 17.2. The molecule has 0 bridgehead atoms. The number of hydrogen-bond donors (Lipinski definition) is 0. The van der Waals surface area contributed by atoms with Crippen LogP contribution in [-0.2, 0) is 0 Å². The molecule has 0 atom stereocenters. The van der Waals surface area contributed by atoms with E-state index in [1.807, 2.05) is 36.4 Å². The average Bonchev–Trinajstić information content (AvgIpc) is 3.54. The first-order valence-electron chi connectivity index (χ1n) is 17.2. The predicted octanol–water partition coefficient (Wildman–Crippen LogP) is 11.8. The topological polar surface area (TPSA) is 30.7 Å². The summed E-state index contributed by atoms with van der Waals surface area (Å²) < 4.78 is 2.35. The molecule has 0 amide bonds. The van der Waals surface area contributed by atoms with E-state index in [2.05, 4.69) is 156 Å². The minimum atomic E-state index is 0.696. The first kappa shape index (κ1) is 28.9. The Balaban J connectivity index is 1.31. The van der Waals surface area contributed by atoms with Crippen LogP contribution < -0.4 is 0 Å². The highest BCUT2D eigenvalue weighted by molar-refractivity contribution is 6.27. The van der Waals surface area contributed by atoms with Crippen LogP contribution in [-0.4, -0.2) is 14.5 Å². The van der Waals surface area contributed by atoms with Gasteiger partial charge in [-0.3, -0.25) is 0 Å². The molecule has 0 saturated carbocycles. The molecule has 0 fully saturated rings. The van der Waals surface area contributed by atoms with E-state index in [1.54, 1.807) is 0 Å². The lowest BCUT2D eigenvalue weighted by Crippen LogP contribution is -2.00. The van der Waals surface area contributed by atoms with Gasteiger partial charge >= 0.3 is 0 Å². The molecule has 0 saturated heterocycles. The second-order valence-electron chi connectivity index (χ2n) is 12.8. The van der Waals surface area contributed by atoms with Crippen LogP contribution in [0.1, 0.15) is 11.1 Å². The van der Waals surface area contributed by atoms with E-state index in [1.165, 1.54) is 21.5 Å². The van der Waals surface area contributed by atoms with Crippen molar-refractivity contribution in [3.63, 3.8) is 0 Å². The van der Waals surface area contributed by atoms with Crippen molar-refractivity contribution in [2.75, 3.05) is 0 Å². The van der Waals surface area contributed by atoms with E-state index >= 15 is 0 Å². The molecule has 0 aliphatic rings. The van der Waals surface area contributed by atoms with Crippen LogP contribution in [0.4, 0.5) is 0 Å². The van der Waals surface area contributed by atoms with Crippen LogP contribution in [0.5, 0.6) is 0 Å². The summed E-state index contributed by atoms with van der Waals surface area (Å²) in [7, 11) is 0. The molecule has 8 aromatic carbocycles. The van der Waals surface area contributed by atoms with Gasteiger partial charge < -0.3 is 4.57 Å². The SMILES string of the molecule is C(#Cc1cc(-c2nc(-c3ccccc3)nc3c4ccccc4c4ccccc4c23)ccc1-n1c2ccccc2c2ccccc21)c1ccccc1. The van der Waals surface area contributed by atoms with E-state index in [9.17, 15) is 0 Å². The molecule has 2 aromatic heterocycles. The first-order chi connectivity index (χ1) is 25.3. The number of rotatable bonds is 3. The Kier molecular flexibility index (Phi) is 6.72. The summed E-state index contributed by atoms with van der Waals surface area (Å²) in [5.74, 6) is 7.77. The van der Waals surface area contributed by atoms with Gasteiger partial charge in [0.25, 0.3) is 0 Å². The fourth-order valence-corrected chi connectivity index (χ4v) is 7.52. The van der Waals surface area contributed by atoms with Gasteiger partial charge in [0.2, 0.25) is 0 Å². The highest BCUT2D eigenvalue weighted by Crippen LogP contribution is 2.41. The second kappa shape index (κ2) is 11.8. The Labute approximate surface area is 295 Å². The molecule has 3 nitrogen and oxygen atoms in total. The zero-order chi connectivity index (χ0) is 33.7. The van der Waals surface area contributed by atoms with Gasteiger partial charge in [0.1, 0.15) is 0 Å². The highest BCUT2D eigenvalue weighted by atomic mass is 15.0. The van der Waals surface area contributed by atoms with E-state index in [4.69, 9.17) is 9.97 Å². The van der Waals surface area contributed by atoms with Crippen molar-refractivity contribution in [3.05, 3.63) is 187 Å². The number of fused-ring (bicyclic) bond motifs is 9. The molecule has 0 radical (unpaired) electrons. The van der Waals surface area contributed by atoms with Gasteiger partial charge in [-0.2, -0.15) is 0 Å². The summed E-state index contributed by atoms with van der Waals surface area (Å²) in [6.07, 6.45) is 0. The van der Waals surface area contributed by atoms with E-state index in [0.717, 1.165) is 66.3 Å². The summed E-state index contributed by atoms with van der Waals surface area (Å²) in [4.78, 5) is 10.7. The van der Waals surface area contributed by atoms with Crippen LogP contribution >= 0.6 is 0 Å². The Bertz CT molecular complexity index is 2970. The van der Waals surface area contributed by atoms with Crippen LogP contribution in [0, 0.1) is 11.8 Å². The molecule has 236 valence electrons. The number of hydrogen-bond acceptors (Lipinski definition) is 2. The van der Waals surface area contributed by atoms with Crippen molar-refractivity contribution in [2.24, 2.45) is 0 Å².